The average Bonchev–Trinajstić information content (AvgIpc) is 3.33. The number of rotatable bonds is 5. The van der Waals surface area contributed by atoms with Gasteiger partial charge in [-0.05, 0) is 42.8 Å². The van der Waals surface area contributed by atoms with Crippen molar-refractivity contribution < 1.29 is 4.79 Å². The summed E-state index contributed by atoms with van der Waals surface area (Å²) in [6, 6.07) is 18.9. The van der Waals surface area contributed by atoms with E-state index in [9.17, 15) is 4.79 Å². The molecule has 5 nitrogen and oxygen atoms in total. The lowest BCUT2D eigenvalue weighted by Crippen LogP contribution is -2.15. The van der Waals surface area contributed by atoms with Gasteiger partial charge < -0.3 is 9.88 Å². The van der Waals surface area contributed by atoms with Crippen molar-refractivity contribution in [2.75, 3.05) is 5.32 Å². The molecule has 146 valence electrons. The van der Waals surface area contributed by atoms with Crippen LogP contribution in [0, 0.1) is 6.92 Å². The summed E-state index contributed by atoms with van der Waals surface area (Å²) in [7, 11) is 0. The average molecular weight is 425 g/mol. The maximum absolute atomic E-state index is 13.0. The highest BCUT2D eigenvalue weighted by molar-refractivity contribution is 6.34. The fourth-order valence-electron chi connectivity index (χ4n) is 3.18. The molecule has 29 heavy (non-hydrogen) atoms. The fourth-order valence-corrected chi connectivity index (χ4v) is 3.66. The van der Waals surface area contributed by atoms with Crippen LogP contribution in [0.15, 0.2) is 73.1 Å². The highest BCUT2D eigenvalue weighted by atomic mass is 35.5. The highest BCUT2D eigenvalue weighted by Crippen LogP contribution is 2.27. The van der Waals surface area contributed by atoms with E-state index < -0.39 is 0 Å². The Balaban J connectivity index is 1.63. The molecule has 0 saturated carbocycles. The molecule has 4 rings (SSSR count). The van der Waals surface area contributed by atoms with Crippen molar-refractivity contribution in [1.82, 2.24) is 14.3 Å². The van der Waals surface area contributed by atoms with E-state index in [1.807, 2.05) is 59.4 Å². The van der Waals surface area contributed by atoms with Crippen LogP contribution in [0.3, 0.4) is 0 Å². The predicted octanol–water partition coefficient (Wildman–Crippen LogP) is 5.59. The van der Waals surface area contributed by atoms with Crippen molar-refractivity contribution in [1.29, 1.82) is 0 Å². The molecule has 2 heterocycles. The zero-order valence-electron chi connectivity index (χ0n) is 15.6. The summed E-state index contributed by atoms with van der Waals surface area (Å²) in [5.41, 5.74) is 3.37. The van der Waals surface area contributed by atoms with Gasteiger partial charge in [0.1, 0.15) is 5.15 Å². The first kappa shape index (κ1) is 19.3. The summed E-state index contributed by atoms with van der Waals surface area (Å²) in [5.74, 6) is -0.317. The lowest BCUT2D eigenvalue weighted by molar-refractivity contribution is 0.102. The van der Waals surface area contributed by atoms with E-state index in [-0.39, 0.29) is 5.91 Å². The van der Waals surface area contributed by atoms with Gasteiger partial charge in [0.25, 0.3) is 5.91 Å². The maximum atomic E-state index is 13.0. The lowest BCUT2D eigenvalue weighted by Gasteiger charge is -2.13. The van der Waals surface area contributed by atoms with Crippen molar-refractivity contribution in [3.63, 3.8) is 0 Å². The second kappa shape index (κ2) is 8.15. The molecule has 7 heteroatoms. The summed E-state index contributed by atoms with van der Waals surface area (Å²) in [5, 5.41) is 8.28. The minimum atomic E-state index is -0.317. The fraction of sp³-hybridized carbons (Fsp3) is 0.0909. The van der Waals surface area contributed by atoms with Crippen LogP contribution in [0.4, 0.5) is 5.69 Å². The third-order valence-corrected chi connectivity index (χ3v) is 5.18. The highest BCUT2D eigenvalue weighted by Gasteiger charge is 2.21. The summed E-state index contributed by atoms with van der Waals surface area (Å²) in [6.45, 7) is 2.26. The topological polar surface area (TPSA) is 51.9 Å². The minimum absolute atomic E-state index is 0.306. The van der Waals surface area contributed by atoms with Crippen molar-refractivity contribution in [2.45, 2.75) is 13.5 Å². The summed E-state index contributed by atoms with van der Waals surface area (Å²) < 4.78 is 3.52. The molecule has 0 atom stereocenters. The van der Waals surface area contributed by atoms with Crippen LogP contribution >= 0.6 is 23.2 Å². The van der Waals surface area contributed by atoms with Gasteiger partial charge in [0, 0.05) is 17.4 Å². The van der Waals surface area contributed by atoms with Crippen molar-refractivity contribution in [3.05, 3.63) is 100 Å². The monoisotopic (exact) mass is 424 g/mol. The minimum Gasteiger partial charge on any atom is -0.322 e. The zero-order chi connectivity index (χ0) is 20.4. The third-order valence-electron chi connectivity index (χ3n) is 4.56. The van der Waals surface area contributed by atoms with Crippen LogP contribution in [0.25, 0.3) is 5.69 Å². The number of aromatic nitrogens is 3. The Labute approximate surface area is 178 Å². The number of nitrogens with zero attached hydrogens (tertiary/aromatic N) is 3. The van der Waals surface area contributed by atoms with Crippen LogP contribution in [0.1, 0.15) is 21.6 Å². The first-order chi connectivity index (χ1) is 14.0. The summed E-state index contributed by atoms with van der Waals surface area (Å²) in [4.78, 5) is 13.0. The number of nitrogens with one attached hydrogen (secondary N) is 1. The van der Waals surface area contributed by atoms with Crippen molar-refractivity contribution in [3.8, 4) is 5.69 Å². The van der Waals surface area contributed by atoms with E-state index in [1.165, 1.54) is 0 Å². The van der Waals surface area contributed by atoms with Crippen LogP contribution in [-0.2, 0) is 6.54 Å². The standard InChI is InChI=1S/C22H18Cl2N4O/c1-15-20(21(24)28(26-15)14-16-7-3-2-4-8-16)22(29)25-18-10-9-17(23)13-19(18)27-11-5-6-12-27/h2-13H,14H2,1H3,(H,25,29). The molecule has 0 aliphatic carbocycles. The van der Waals surface area contributed by atoms with E-state index in [1.54, 1.807) is 29.8 Å². The molecule has 0 aliphatic heterocycles. The molecule has 0 aliphatic rings. The maximum Gasteiger partial charge on any atom is 0.260 e. The van der Waals surface area contributed by atoms with Crippen LogP contribution < -0.4 is 5.32 Å². The Hall–Kier alpha value is -3.02. The van der Waals surface area contributed by atoms with E-state index in [0.717, 1.165) is 11.3 Å². The number of anilines is 1. The zero-order valence-corrected chi connectivity index (χ0v) is 17.2. The van der Waals surface area contributed by atoms with Crippen LogP contribution in [0.5, 0.6) is 0 Å². The molecule has 1 amide bonds. The van der Waals surface area contributed by atoms with Gasteiger partial charge in [-0.2, -0.15) is 5.10 Å². The van der Waals surface area contributed by atoms with E-state index in [4.69, 9.17) is 23.2 Å². The predicted molar refractivity (Wildman–Crippen MR) is 116 cm³/mol. The number of hydrogen-bond donors (Lipinski definition) is 1. The Morgan fingerprint density at radius 1 is 1.03 bits per heavy atom. The Kier molecular flexibility index (Phi) is 5.43. The Bertz CT molecular complexity index is 1150. The molecule has 1 N–H and O–H groups in total. The first-order valence-corrected chi connectivity index (χ1v) is 9.79. The first-order valence-electron chi connectivity index (χ1n) is 9.04. The van der Waals surface area contributed by atoms with E-state index in [0.29, 0.717) is 33.7 Å². The second-order valence-electron chi connectivity index (χ2n) is 6.60. The summed E-state index contributed by atoms with van der Waals surface area (Å²) in [6.07, 6.45) is 3.77. The largest absolute Gasteiger partial charge is 0.322 e. The van der Waals surface area contributed by atoms with Gasteiger partial charge >= 0.3 is 0 Å². The van der Waals surface area contributed by atoms with Crippen LogP contribution in [0.2, 0.25) is 10.2 Å². The Morgan fingerprint density at radius 2 is 1.76 bits per heavy atom. The molecule has 0 bridgehead atoms. The number of amides is 1. The Morgan fingerprint density at radius 3 is 2.48 bits per heavy atom. The molecule has 4 aromatic rings. The van der Waals surface area contributed by atoms with Gasteiger partial charge in [-0.3, -0.25) is 4.79 Å². The molecule has 0 fully saturated rings. The van der Waals surface area contributed by atoms with Crippen LogP contribution in [-0.4, -0.2) is 20.3 Å². The van der Waals surface area contributed by atoms with Gasteiger partial charge in [-0.1, -0.05) is 53.5 Å². The molecule has 0 saturated heterocycles. The molecule has 0 unspecified atom stereocenters. The molecular formula is C22H18Cl2N4O. The van der Waals surface area contributed by atoms with Gasteiger partial charge in [0.05, 0.1) is 29.2 Å². The third kappa shape index (κ3) is 4.06. The van der Waals surface area contributed by atoms with E-state index in [2.05, 4.69) is 10.4 Å². The number of halogens is 2. The van der Waals surface area contributed by atoms with Crippen molar-refractivity contribution >= 4 is 34.8 Å². The quantitative estimate of drug-likeness (QED) is 0.453. The second-order valence-corrected chi connectivity index (χ2v) is 7.39. The van der Waals surface area contributed by atoms with Gasteiger partial charge in [0.2, 0.25) is 0 Å². The number of carbonyl (C=O) groups is 1. The van der Waals surface area contributed by atoms with E-state index >= 15 is 0 Å². The molecule has 2 aromatic heterocycles. The van der Waals surface area contributed by atoms with Gasteiger partial charge in [-0.25, -0.2) is 4.68 Å². The smallest absolute Gasteiger partial charge is 0.260 e. The molecule has 2 aromatic carbocycles. The van der Waals surface area contributed by atoms with Gasteiger partial charge in [0.15, 0.2) is 0 Å². The number of carbonyl (C=O) groups excluding carboxylic acids is 1. The normalized spacial score (nSPS) is 10.9. The molecule has 0 spiro atoms. The SMILES string of the molecule is Cc1nn(Cc2ccccc2)c(Cl)c1C(=O)Nc1ccc(Cl)cc1-n1cccc1. The van der Waals surface area contributed by atoms with Gasteiger partial charge in [-0.15, -0.1) is 0 Å². The molecule has 0 radical (unpaired) electrons. The summed E-state index contributed by atoms with van der Waals surface area (Å²) >= 11 is 12.7. The number of aryl methyl sites for hydroxylation is 1. The molecular weight excluding hydrogens is 407 g/mol. The lowest BCUT2D eigenvalue weighted by atomic mass is 10.2. The number of benzene rings is 2. The number of hydrogen-bond acceptors (Lipinski definition) is 2. The van der Waals surface area contributed by atoms with Crippen molar-refractivity contribution in [2.24, 2.45) is 0 Å².